The number of carboxylic acids is 1. The van der Waals surface area contributed by atoms with Crippen LogP contribution in [0.25, 0.3) is 0 Å². The Hall–Kier alpha value is -3.26. The van der Waals surface area contributed by atoms with E-state index in [1.807, 2.05) is 50.8 Å². The molecule has 1 aromatic carbocycles. The van der Waals surface area contributed by atoms with E-state index in [1.54, 1.807) is 0 Å². The Bertz CT molecular complexity index is 958. The lowest BCUT2D eigenvalue weighted by molar-refractivity contribution is -0.145. The van der Waals surface area contributed by atoms with E-state index >= 15 is 0 Å². The van der Waals surface area contributed by atoms with E-state index in [-0.39, 0.29) is 32.0 Å². The second-order valence-electron chi connectivity index (χ2n) is 10.1. The highest BCUT2D eigenvalue weighted by atomic mass is 16.5. The molecule has 0 spiro atoms. The number of ether oxygens (including phenoxy) is 4. The van der Waals surface area contributed by atoms with E-state index in [4.69, 9.17) is 18.9 Å². The number of nitrogens with zero attached hydrogens (tertiary/aromatic N) is 4. The average molecular weight is 595 g/mol. The van der Waals surface area contributed by atoms with Gasteiger partial charge in [0.2, 0.25) is 0 Å². The molecule has 1 saturated heterocycles. The Kier molecular flexibility index (Phi) is 15.8. The molecule has 0 saturated carbocycles. The van der Waals surface area contributed by atoms with Crippen molar-refractivity contribution in [2.24, 2.45) is 0 Å². The number of benzene rings is 1. The third-order valence-electron chi connectivity index (χ3n) is 7.16. The van der Waals surface area contributed by atoms with Gasteiger partial charge in [-0.15, -0.1) is 0 Å². The summed E-state index contributed by atoms with van der Waals surface area (Å²) in [5.74, 6) is -1.43. The topological polar surface area (TPSA) is 138 Å². The average Bonchev–Trinajstić information content (AvgIpc) is 2.99. The summed E-state index contributed by atoms with van der Waals surface area (Å²) in [5.41, 5.74) is 0.855. The Morgan fingerprint density at radius 1 is 0.714 bits per heavy atom. The fraction of sp³-hybridized carbons (Fsp3) is 0.655. The molecule has 42 heavy (non-hydrogen) atoms. The number of carboxylic acid groups (broad SMARTS) is 1. The number of hydrogen-bond donors (Lipinski definition) is 1. The summed E-state index contributed by atoms with van der Waals surface area (Å²) in [6.45, 7) is 6.03. The number of methoxy groups -OCH3 is 3. The smallest absolute Gasteiger partial charge is 0.321 e. The fourth-order valence-electron chi connectivity index (χ4n) is 4.62. The number of aliphatic carboxylic acids is 1. The molecular weight excluding hydrogens is 548 g/mol. The van der Waals surface area contributed by atoms with Crippen LogP contribution in [-0.4, -0.2) is 155 Å². The number of esters is 3. The zero-order valence-electron chi connectivity index (χ0n) is 25.3. The molecule has 0 aromatic heterocycles. The molecule has 0 amide bonds. The standard InChI is InChI=1S/C29H46N4O9/c1-5-18-42-24-8-6-23(7-9-24)19-25(29(37)38)33-16-14-31(21-27(35)40-3)12-10-30(20-26(34)39-2)11-13-32(15-17-33)22-28(36)41-4/h6-9,25H,5,10-22H2,1-4H3,(H,37,38). The minimum Gasteiger partial charge on any atom is -0.494 e. The van der Waals surface area contributed by atoms with Gasteiger partial charge in [-0.2, -0.15) is 0 Å². The van der Waals surface area contributed by atoms with Crippen LogP contribution in [0, 0.1) is 0 Å². The molecule has 0 bridgehead atoms. The third kappa shape index (κ3) is 12.7. The molecule has 0 aliphatic carbocycles. The number of carbonyl (C=O) groups is 4. The molecule has 1 aliphatic heterocycles. The van der Waals surface area contributed by atoms with Gasteiger partial charge in [0.15, 0.2) is 0 Å². The van der Waals surface area contributed by atoms with Crippen molar-refractivity contribution in [1.29, 1.82) is 0 Å². The minimum atomic E-state index is -0.961. The van der Waals surface area contributed by atoms with Crippen LogP contribution >= 0.6 is 0 Å². The van der Waals surface area contributed by atoms with E-state index in [0.29, 0.717) is 59.0 Å². The second kappa shape index (κ2) is 19.0. The van der Waals surface area contributed by atoms with Gasteiger partial charge in [0.25, 0.3) is 0 Å². The molecule has 1 unspecified atom stereocenters. The van der Waals surface area contributed by atoms with Gasteiger partial charge in [0.1, 0.15) is 11.8 Å². The summed E-state index contributed by atoms with van der Waals surface area (Å²) < 4.78 is 20.3. The molecule has 1 aromatic rings. The third-order valence-corrected chi connectivity index (χ3v) is 7.16. The first-order valence-corrected chi connectivity index (χ1v) is 14.2. The van der Waals surface area contributed by atoms with E-state index in [1.165, 1.54) is 21.3 Å². The lowest BCUT2D eigenvalue weighted by Gasteiger charge is -2.35. The summed E-state index contributed by atoms with van der Waals surface area (Å²) >= 11 is 0. The molecule has 0 radical (unpaired) electrons. The maximum Gasteiger partial charge on any atom is 0.321 e. The van der Waals surface area contributed by atoms with Crippen molar-refractivity contribution in [3.63, 3.8) is 0 Å². The van der Waals surface area contributed by atoms with Gasteiger partial charge in [-0.1, -0.05) is 19.1 Å². The van der Waals surface area contributed by atoms with E-state index < -0.39 is 23.9 Å². The molecule has 13 heteroatoms. The number of carbonyl (C=O) groups excluding carboxylic acids is 3. The highest BCUT2D eigenvalue weighted by Gasteiger charge is 2.28. The van der Waals surface area contributed by atoms with Crippen LogP contribution in [0.2, 0.25) is 0 Å². The Morgan fingerprint density at radius 3 is 1.48 bits per heavy atom. The van der Waals surface area contributed by atoms with Crippen LogP contribution in [0.3, 0.4) is 0 Å². The van der Waals surface area contributed by atoms with Gasteiger partial charge in [0.05, 0.1) is 47.6 Å². The molecule has 1 N–H and O–H groups in total. The Labute approximate surface area is 248 Å². The first-order valence-electron chi connectivity index (χ1n) is 14.2. The SMILES string of the molecule is CCCOc1ccc(CC(C(=O)O)N2CCN(CC(=O)OC)CCN(CC(=O)OC)CCN(CC(=O)OC)CC2)cc1. The summed E-state index contributed by atoms with van der Waals surface area (Å²) in [4.78, 5) is 56.6. The Morgan fingerprint density at radius 2 is 1.12 bits per heavy atom. The molecule has 1 heterocycles. The predicted octanol–water partition coefficient (Wildman–Crippen LogP) is 0.212. The largest absolute Gasteiger partial charge is 0.494 e. The Balaban J connectivity index is 2.30. The molecule has 1 fully saturated rings. The van der Waals surface area contributed by atoms with Crippen molar-refractivity contribution in [3.8, 4) is 5.75 Å². The van der Waals surface area contributed by atoms with Gasteiger partial charge in [0, 0.05) is 52.4 Å². The van der Waals surface area contributed by atoms with Crippen molar-refractivity contribution < 1.29 is 43.2 Å². The predicted molar refractivity (Wildman–Crippen MR) is 154 cm³/mol. The van der Waals surface area contributed by atoms with Gasteiger partial charge >= 0.3 is 23.9 Å². The van der Waals surface area contributed by atoms with Gasteiger partial charge in [-0.25, -0.2) is 0 Å². The highest BCUT2D eigenvalue weighted by Crippen LogP contribution is 2.16. The zero-order chi connectivity index (χ0) is 30.9. The molecule has 1 aliphatic rings. The quantitative estimate of drug-likeness (QED) is 0.246. The molecule has 2 rings (SSSR count). The first-order chi connectivity index (χ1) is 20.2. The first kappa shape index (κ1) is 34.9. The summed E-state index contributed by atoms with van der Waals surface area (Å²) in [7, 11) is 3.97. The van der Waals surface area contributed by atoms with E-state index in [0.717, 1.165) is 17.7 Å². The van der Waals surface area contributed by atoms with Gasteiger partial charge in [-0.05, 0) is 30.5 Å². The van der Waals surface area contributed by atoms with Crippen LogP contribution in [0.1, 0.15) is 18.9 Å². The van der Waals surface area contributed by atoms with Crippen LogP contribution in [0.15, 0.2) is 24.3 Å². The fourth-order valence-corrected chi connectivity index (χ4v) is 4.62. The molecular formula is C29H46N4O9. The maximum atomic E-state index is 12.6. The van der Waals surface area contributed by atoms with Crippen molar-refractivity contribution in [3.05, 3.63) is 29.8 Å². The van der Waals surface area contributed by atoms with Crippen molar-refractivity contribution >= 4 is 23.9 Å². The van der Waals surface area contributed by atoms with Crippen LogP contribution in [0.4, 0.5) is 0 Å². The monoisotopic (exact) mass is 594 g/mol. The van der Waals surface area contributed by atoms with E-state index in [9.17, 15) is 24.3 Å². The normalized spacial score (nSPS) is 17.3. The van der Waals surface area contributed by atoms with Crippen molar-refractivity contribution in [2.45, 2.75) is 25.8 Å². The van der Waals surface area contributed by atoms with Crippen molar-refractivity contribution in [2.75, 3.05) is 99.9 Å². The zero-order valence-corrected chi connectivity index (χ0v) is 25.3. The van der Waals surface area contributed by atoms with Crippen LogP contribution in [-0.2, 0) is 39.8 Å². The van der Waals surface area contributed by atoms with Gasteiger partial charge < -0.3 is 24.1 Å². The second-order valence-corrected chi connectivity index (χ2v) is 10.1. The number of hydrogen-bond acceptors (Lipinski definition) is 12. The number of rotatable bonds is 13. The lowest BCUT2D eigenvalue weighted by Crippen LogP contribution is -2.52. The minimum absolute atomic E-state index is 0.0296. The molecule has 236 valence electrons. The maximum absolute atomic E-state index is 12.6. The summed E-state index contributed by atoms with van der Waals surface area (Å²) in [6, 6.07) is 6.60. The van der Waals surface area contributed by atoms with Crippen LogP contribution < -0.4 is 4.74 Å². The van der Waals surface area contributed by atoms with Gasteiger partial charge in [-0.3, -0.25) is 38.8 Å². The summed E-state index contributed by atoms with van der Waals surface area (Å²) in [5, 5.41) is 10.3. The lowest BCUT2D eigenvalue weighted by atomic mass is 10.0. The van der Waals surface area contributed by atoms with Crippen molar-refractivity contribution in [1.82, 2.24) is 19.6 Å². The summed E-state index contributed by atoms with van der Waals surface area (Å²) in [6.07, 6.45) is 1.16. The van der Waals surface area contributed by atoms with E-state index in [2.05, 4.69) is 0 Å². The molecule has 1 atom stereocenters. The molecule has 13 nitrogen and oxygen atoms in total. The van der Waals surface area contributed by atoms with Crippen LogP contribution in [0.5, 0.6) is 5.75 Å². The highest BCUT2D eigenvalue weighted by molar-refractivity contribution is 5.74.